The van der Waals surface area contributed by atoms with Crippen molar-refractivity contribution in [3.8, 4) is 11.5 Å². The lowest BCUT2D eigenvalue weighted by Crippen LogP contribution is -2.40. The molecule has 0 bridgehead atoms. The van der Waals surface area contributed by atoms with E-state index in [-0.39, 0.29) is 16.9 Å². The van der Waals surface area contributed by atoms with Crippen molar-refractivity contribution in [1.82, 2.24) is 5.32 Å². The second-order valence-electron chi connectivity index (χ2n) is 8.08. The van der Waals surface area contributed by atoms with Crippen LogP contribution in [-0.4, -0.2) is 30.1 Å². The van der Waals surface area contributed by atoms with Gasteiger partial charge in [-0.25, -0.2) is 0 Å². The zero-order chi connectivity index (χ0) is 26.7. The first-order valence-corrected chi connectivity index (χ1v) is 10.6. The molecule has 0 amide bonds. The number of aryl methyl sites for hydroxylation is 1. The highest BCUT2D eigenvalue weighted by Gasteiger charge is 2.58. The molecule has 3 rings (SSSR count). The van der Waals surface area contributed by atoms with Crippen molar-refractivity contribution in [2.24, 2.45) is 0 Å². The zero-order valence-electron chi connectivity index (χ0n) is 18.7. The minimum atomic E-state index is -5.87. The standard InChI is InChI=1S/C25H21F8NO2/c1-15-8-10-19(11-9-15)36-20-7-3-5-17(13-20)22(34-14-21(35)24(28,29)30)16-4-2-6-18(12-16)23(26,27)25(31,32)33/h2-13,21-22,34-35H,14H2,1H3. The third-order valence-corrected chi connectivity index (χ3v) is 5.28. The lowest BCUT2D eigenvalue weighted by molar-refractivity contribution is -0.289. The Balaban J connectivity index is 1.99. The average molecular weight is 519 g/mol. The largest absolute Gasteiger partial charge is 0.458 e. The predicted octanol–water partition coefficient (Wildman–Crippen LogP) is 7.04. The van der Waals surface area contributed by atoms with Crippen LogP contribution in [0.1, 0.15) is 28.3 Å². The fourth-order valence-electron chi connectivity index (χ4n) is 3.35. The number of aliphatic hydroxyl groups excluding tert-OH is 1. The molecule has 194 valence electrons. The summed E-state index contributed by atoms with van der Waals surface area (Å²) in [7, 11) is 0. The number of rotatable bonds is 8. The highest BCUT2D eigenvalue weighted by molar-refractivity contribution is 5.41. The van der Waals surface area contributed by atoms with E-state index in [9.17, 15) is 40.2 Å². The summed E-state index contributed by atoms with van der Waals surface area (Å²) in [5.41, 5.74) is -0.360. The number of aliphatic hydroxyl groups is 1. The van der Waals surface area contributed by atoms with Crippen LogP contribution in [0.4, 0.5) is 35.1 Å². The molecule has 0 aliphatic heterocycles. The second-order valence-corrected chi connectivity index (χ2v) is 8.08. The van der Waals surface area contributed by atoms with Gasteiger partial charge >= 0.3 is 18.3 Å². The topological polar surface area (TPSA) is 41.5 Å². The Morgan fingerprint density at radius 1 is 0.778 bits per heavy atom. The van der Waals surface area contributed by atoms with Gasteiger partial charge in [-0.1, -0.05) is 48.0 Å². The van der Waals surface area contributed by atoms with Gasteiger partial charge in [-0.15, -0.1) is 0 Å². The summed E-state index contributed by atoms with van der Waals surface area (Å²) in [5, 5.41) is 11.8. The second kappa shape index (κ2) is 10.4. The van der Waals surface area contributed by atoms with E-state index in [0.717, 1.165) is 11.6 Å². The molecular formula is C25H21F8NO2. The number of alkyl halides is 8. The van der Waals surface area contributed by atoms with Gasteiger partial charge in [-0.05, 0) is 48.4 Å². The zero-order valence-corrected chi connectivity index (χ0v) is 18.7. The number of ether oxygens (including phenoxy) is 1. The molecule has 3 aromatic carbocycles. The molecular weight excluding hydrogens is 498 g/mol. The van der Waals surface area contributed by atoms with Gasteiger partial charge in [0.25, 0.3) is 0 Å². The van der Waals surface area contributed by atoms with Crippen LogP contribution >= 0.6 is 0 Å². The van der Waals surface area contributed by atoms with Crippen molar-refractivity contribution in [3.63, 3.8) is 0 Å². The Bertz CT molecular complexity index is 1160. The monoisotopic (exact) mass is 519 g/mol. The van der Waals surface area contributed by atoms with E-state index in [1.54, 1.807) is 30.3 Å². The van der Waals surface area contributed by atoms with Crippen molar-refractivity contribution in [3.05, 3.63) is 95.1 Å². The summed E-state index contributed by atoms with van der Waals surface area (Å²) in [6.45, 7) is 0.823. The van der Waals surface area contributed by atoms with Crippen LogP contribution in [0.25, 0.3) is 0 Å². The van der Waals surface area contributed by atoms with Crippen LogP contribution in [0.5, 0.6) is 11.5 Å². The van der Waals surface area contributed by atoms with Crippen LogP contribution in [0.15, 0.2) is 72.8 Å². The van der Waals surface area contributed by atoms with Crippen molar-refractivity contribution in [2.75, 3.05) is 6.54 Å². The molecule has 0 aromatic heterocycles. The molecule has 3 nitrogen and oxygen atoms in total. The van der Waals surface area contributed by atoms with Crippen molar-refractivity contribution < 1.29 is 45.0 Å². The fraction of sp³-hybridized carbons (Fsp3) is 0.280. The molecule has 0 saturated heterocycles. The van der Waals surface area contributed by atoms with Crippen molar-refractivity contribution in [2.45, 2.75) is 37.3 Å². The molecule has 2 atom stereocenters. The van der Waals surface area contributed by atoms with Gasteiger partial charge in [0.2, 0.25) is 0 Å². The summed E-state index contributed by atoms with van der Waals surface area (Å²) in [6, 6.07) is 14.8. The lowest BCUT2D eigenvalue weighted by atomic mass is 9.95. The first-order chi connectivity index (χ1) is 16.7. The first kappa shape index (κ1) is 27.4. The number of hydrogen-bond donors (Lipinski definition) is 2. The number of nitrogens with one attached hydrogen (secondary N) is 1. The SMILES string of the molecule is Cc1ccc(Oc2cccc(C(NCC(O)C(F)(F)F)c3cccc(C(F)(F)C(F)(F)F)c3)c2)cc1. The molecule has 0 saturated carbocycles. The maximum atomic E-state index is 14.0. The Hall–Kier alpha value is -3.18. The van der Waals surface area contributed by atoms with Gasteiger partial charge in [-0.3, -0.25) is 0 Å². The minimum Gasteiger partial charge on any atom is -0.457 e. The van der Waals surface area contributed by atoms with Gasteiger partial charge in [0.15, 0.2) is 6.10 Å². The number of hydrogen-bond acceptors (Lipinski definition) is 3. The quantitative estimate of drug-likeness (QED) is 0.314. The third-order valence-electron chi connectivity index (χ3n) is 5.28. The lowest BCUT2D eigenvalue weighted by Gasteiger charge is -2.25. The first-order valence-electron chi connectivity index (χ1n) is 10.6. The predicted molar refractivity (Wildman–Crippen MR) is 116 cm³/mol. The van der Waals surface area contributed by atoms with E-state index in [4.69, 9.17) is 4.74 Å². The van der Waals surface area contributed by atoms with E-state index in [1.165, 1.54) is 24.3 Å². The van der Waals surface area contributed by atoms with E-state index in [0.29, 0.717) is 17.9 Å². The highest BCUT2D eigenvalue weighted by Crippen LogP contribution is 2.44. The smallest absolute Gasteiger partial charge is 0.457 e. The van der Waals surface area contributed by atoms with Gasteiger partial charge < -0.3 is 15.2 Å². The summed E-state index contributed by atoms with van der Waals surface area (Å²) in [5.74, 6) is -4.49. The summed E-state index contributed by atoms with van der Waals surface area (Å²) in [4.78, 5) is 0. The van der Waals surface area contributed by atoms with Gasteiger partial charge in [-0.2, -0.15) is 35.1 Å². The normalized spacial score (nSPS) is 14.4. The molecule has 2 N–H and O–H groups in total. The Morgan fingerprint density at radius 2 is 1.36 bits per heavy atom. The van der Waals surface area contributed by atoms with Gasteiger partial charge in [0, 0.05) is 12.1 Å². The molecule has 0 fully saturated rings. The maximum absolute atomic E-state index is 14.0. The molecule has 0 aliphatic carbocycles. The summed E-state index contributed by atoms with van der Waals surface area (Å²) >= 11 is 0. The van der Waals surface area contributed by atoms with Crippen LogP contribution in [0.3, 0.4) is 0 Å². The molecule has 0 spiro atoms. The highest BCUT2D eigenvalue weighted by atomic mass is 19.4. The van der Waals surface area contributed by atoms with Gasteiger partial charge in [0.1, 0.15) is 11.5 Å². The number of benzene rings is 3. The molecule has 2 unspecified atom stereocenters. The molecule has 36 heavy (non-hydrogen) atoms. The van der Waals surface area contributed by atoms with Crippen LogP contribution in [0.2, 0.25) is 0 Å². The summed E-state index contributed by atoms with van der Waals surface area (Å²) in [6.07, 6.45) is -13.6. The van der Waals surface area contributed by atoms with Crippen LogP contribution < -0.4 is 10.1 Å². The molecule has 11 heteroatoms. The Morgan fingerprint density at radius 3 is 1.94 bits per heavy atom. The molecule has 0 heterocycles. The third kappa shape index (κ3) is 6.52. The number of halogens is 8. The maximum Gasteiger partial charge on any atom is 0.458 e. The van der Waals surface area contributed by atoms with E-state index in [1.807, 2.05) is 6.92 Å². The molecule has 0 radical (unpaired) electrons. The molecule has 0 aliphatic rings. The molecule has 3 aromatic rings. The van der Waals surface area contributed by atoms with Crippen LogP contribution in [0, 0.1) is 6.92 Å². The fourth-order valence-corrected chi connectivity index (χ4v) is 3.35. The van der Waals surface area contributed by atoms with E-state index in [2.05, 4.69) is 5.32 Å². The van der Waals surface area contributed by atoms with Crippen molar-refractivity contribution >= 4 is 0 Å². The van der Waals surface area contributed by atoms with Gasteiger partial charge in [0.05, 0.1) is 6.04 Å². The van der Waals surface area contributed by atoms with E-state index < -0.39 is 42.5 Å². The van der Waals surface area contributed by atoms with Crippen LogP contribution in [-0.2, 0) is 5.92 Å². The van der Waals surface area contributed by atoms with Crippen molar-refractivity contribution in [1.29, 1.82) is 0 Å². The Kier molecular flexibility index (Phi) is 7.94. The van der Waals surface area contributed by atoms with E-state index >= 15 is 0 Å². The Labute approximate surface area is 201 Å². The average Bonchev–Trinajstić information content (AvgIpc) is 2.80. The minimum absolute atomic E-state index is 0.168. The summed E-state index contributed by atoms with van der Waals surface area (Å²) < 4.78 is 111.